The highest BCUT2D eigenvalue weighted by molar-refractivity contribution is 7.90. The van der Waals surface area contributed by atoms with Crippen molar-refractivity contribution in [1.82, 2.24) is 10.0 Å². The van der Waals surface area contributed by atoms with E-state index in [4.69, 9.17) is 4.74 Å². The molecule has 0 aromatic carbocycles. The number of sulfonamides is 1. The number of carbonyl (C=O) groups excluding carboxylic acids is 1. The summed E-state index contributed by atoms with van der Waals surface area (Å²) in [5.41, 5.74) is -0.679. The largest absolute Gasteiger partial charge is 0.358 e. The molecule has 8 heteroatoms. The number of carbonyl (C=O) groups is 1. The quantitative estimate of drug-likeness (QED) is 0.795. The molecule has 6 nitrogen and oxygen atoms in total. The van der Waals surface area contributed by atoms with Crippen molar-refractivity contribution in [2.24, 2.45) is 0 Å². The number of hydrogen-bond donors (Lipinski definition) is 2. The highest BCUT2D eigenvalue weighted by Gasteiger charge is 2.30. The van der Waals surface area contributed by atoms with Crippen LogP contribution in [0.4, 0.5) is 0 Å². The van der Waals surface area contributed by atoms with Crippen LogP contribution in [0.15, 0.2) is 16.8 Å². The van der Waals surface area contributed by atoms with Crippen molar-refractivity contribution in [3.63, 3.8) is 0 Å². The van der Waals surface area contributed by atoms with Gasteiger partial charge >= 0.3 is 0 Å². The van der Waals surface area contributed by atoms with Gasteiger partial charge in [0.05, 0.1) is 12.2 Å². The summed E-state index contributed by atoms with van der Waals surface area (Å²) in [6.07, 6.45) is 0. The Morgan fingerprint density at radius 3 is 3.00 bits per heavy atom. The van der Waals surface area contributed by atoms with Crippen molar-refractivity contribution in [3.05, 3.63) is 22.4 Å². The van der Waals surface area contributed by atoms with Crippen LogP contribution in [0.5, 0.6) is 0 Å². The van der Waals surface area contributed by atoms with Gasteiger partial charge in [0, 0.05) is 18.5 Å². The average Bonchev–Trinajstić information content (AvgIpc) is 2.83. The summed E-state index contributed by atoms with van der Waals surface area (Å²) < 4.78 is 30.7. The van der Waals surface area contributed by atoms with Gasteiger partial charge < -0.3 is 10.1 Å². The van der Waals surface area contributed by atoms with Crippen LogP contribution in [-0.4, -0.2) is 39.5 Å². The third-order valence-electron chi connectivity index (χ3n) is 2.26. The molecule has 1 unspecified atom stereocenters. The van der Waals surface area contributed by atoms with Crippen LogP contribution in [0.1, 0.15) is 10.4 Å². The lowest BCUT2D eigenvalue weighted by Gasteiger charge is -2.23. The Hall–Kier alpha value is -0.960. The van der Waals surface area contributed by atoms with Crippen molar-refractivity contribution in [1.29, 1.82) is 0 Å². The van der Waals surface area contributed by atoms with Gasteiger partial charge in [-0.25, -0.2) is 13.1 Å². The summed E-state index contributed by atoms with van der Waals surface area (Å²) in [5.74, 6) is -0.625. The third kappa shape index (κ3) is 3.03. The van der Waals surface area contributed by atoms with E-state index in [1.54, 1.807) is 16.8 Å². The zero-order chi connectivity index (χ0) is 12.3. The lowest BCUT2D eigenvalue weighted by molar-refractivity contribution is 0.0764. The average molecular weight is 276 g/mol. The Morgan fingerprint density at radius 1 is 1.59 bits per heavy atom. The number of morpholine rings is 1. The number of nitrogens with one attached hydrogen (secondary N) is 2. The van der Waals surface area contributed by atoms with E-state index in [1.165, 1.54) is 11.3 Å². The molecule has 2 heterocycles. The van der Waals surface area contributed by atoms with E-state index < -0.39 is 21.4 Å². The number of amides is 1. The highest BCUT2D eigenvalue weighted by Crippen LogP contribution is 2.08. The first-order valence-corrected chi connectivity index (χ1v) is 7.49. The lowest BCUT2D eigenvalue weighted by atomic mass is 10.3. The summed E-state index contributed by atoms with van der Waals surface area (Å²) in [5, 5.41) is 6.19. The molecule has 17 heavy (non-hydrogen) atoms. The maximum atomic E-state index is 11.8. The minimum Gasteiger partial charge on any atom is -0.358 e. The van der Waals surface area contributed by atoms with Crippen molar-refractivity contribution in [2.75, 3.05) is 19.7 Å². The SMILES string of the molecule is O=C(NS(=O)(=O)C1CNCCO1)c1ccsc1. The molecule has 1 fully saturated rings. The molecule has 0 radical (unpaired) electrons. The van der Waals surface area contributed by atoms with Gasteiger partial charge in [0.1, 0.15) is 0 Å². The second kappa shape index (κ2) is 5.13. The number of rotatable bonds is 3. The van der Waals surface area contributed by atoms with Gasteiger partial charge in [0.25, 0.3) is 15.9 Å². The predicted molar refractivity (Wildman–Crippen MR) is 63.3 cm³/mol. The summed E-state index contributed by atoms with van der Waals surface area (Å²) in [4.78, 5) is 11.6. The summed E-state index contributed by atoms with van der Waals surface area (Å²) in [6.45, 7) is 1.12. The van der Waals surface area contributed by atoms with Crippen LogP contribution in [0.2, 0.25) is 0 Å². The zero-order valence-corrected chi connectivity index (χ0v) is 10.5. The van der Waals surface area contributed by atoms with Gasteiger partial charge in [0.15, 0.2) is 5.44 Å². The van der Waals surface area contributed by atoms with Crippen molar-refractivity contribution >= 4 is 27.3 Å². The maximum Gasteiger partial charge on any atom is 0.265 e. The number of ether oxygens (including phenoxy) is 1. The Morgan fingerprint density at radius 2 is 2.41 bits per heavy atom. The Balaban J connectivity index is 2.04. The highest BCUT2D eigenvalue weighted by atomic mass is 32.2. The molecule has 2 rings (SSSR count). The first-order valence-electron chi connectivity index (χ1n) is 5.00. The van der Waals surface area contributed by atoms with Gasteiger partial charge in [-0.15, -0.1) is 0 Å². The van der Waals surface area contributed by atoms with Crippen molar-refractivity contribution < 1.29 is 17.9 Å². The summed E-state index contributed by atoms with van der Waals surface area (Å²) in [7, 11) is -3.79. The molecular weight excluding hydrogens is 264 g/mol. The fraction of sp³-hybridized carbons (Fsp3) is 0.444. The molecule has 1 aliphatic heterocycles. The van der Waals surface area contributed by atoms with E-state index in [2.05, 4.69) is 5.32 Å². The van der Waals surface area contributed by atoms with Crippen molar-refractivity contribution in [2.45, 2.75) is 5.44 Å². The van der Waals surface area contributed by atoms with Crippen LogP contribution in [-0.2, 0) is 14.8 Å². The maximum absolute atomic E-state index is 11.8. The monoisotopic (exact) mass is 276 g/mol. The minimum atomic E-state index is -3.79. The Labute approximate surface area is 103 Å². The van der Waals surface area contributed by atoms with Crippen LogP contribution in [0.3, 0.4) is 0 Å². The van der Waals surface area contributed by atoms with Gasteiger partial charge in [-0.2, -0.15) is 11.3 Å². The van der Waals surface area contributed by atoms with Crippen LogP contribution in [0, 0.1) is 0 Å². The molecule has 1 atom stereocenters. The number of thiophene rings is 1. The molecule has 1 amide bonds. The Bertz CT molecular complexity index is 477. The number of hydrogen-bond acceptors (Lipinski definition) is 6. The molecule has 0 aliphatic carbocycles. The molecule has 1 aromatic rings. The molecule has 2 N–H and O–H groups in total. The Kier molecular flexibility index (Phi) is 3.77. The van der Waals surface area contributed by atoms with Crippen LogP contribution in [0.25, 0.3) is 0 Å². The zero-order valence-electron chi connectivity index (χ0n) is 8.88. The predicted octanol–water partition coefficient (Wildman–Crippen LogP) is -0.246. The van der Waals surface area contributed by atoms with E-state index in [-0.39, 0.29) is 6.54 Å². The van der Waals surface area contributed by atoms with E-state index >= 15 is 0 Å². The van der Waals surface area contributed by atoms with Crippen LogP contribution >= 0.6 is 11.3 Å². The molecule has 0 spiro atoms. The molecule has 94 valence electrons. The molecule has 1 aliphatic rings. The van der Waals surface area contributed by atoms with Gasteiger partial charge in [0.2, 0.25) is 0 Å². The summed E-state index contributed by atoms with van der Waals surface area (Å²) in [6, 6.07) is 1.56. The molecule has 0 bridgehead atoms. The van der Waals surface area contributed by atoms with E-state index in [0.29, 0.717) is 18.7 Å². The topological polar surface area (TPSA) is 84.5 Å². The van der Waals surface area contributed by atoms with Crippen molar-refractivity contribution in [3.8, 4) is 0 Å². The summed E-state index contributed by atoms with van der Waals surface area (Å²) >= 11 is 1.33. The lowest BCUT2D eigenvalue weighted by Crippen LogP contribution is -2.48. The standard InChI is InChI=1S/C9H12N2O4S2/c12-9(7-1-4-16-6-7)11-17(13,14)8-5-10-2-3-15-8/h1,4,6,8,10H,2-3,5H2,(H,11,12). The van der Waals surface area contributed by atoms with Gasteiger partial charge in [-0.3, -0.25) is 4.79 Å². The van der Waals surface area contributed by atoms with E-state index in [9.17, 15) is 13.2 Å². The van der Waals surface area contributed by atoms with E-state index in [0.717, 1.165) is 0 Å². The fourth-order valence-electron chi connectivity index (χ4n) is 1.39. The normalized spacial score (nSPS) is 21.1. The van der Waals surface area contributed by atoms with Gasteiger partial charge in [-0.1, -0.05) is 0 Å². The van der Waals surface area contributed by atoms with Crippen LogP contribution < -0.4 is 10.0 Å². The second-order valence-corrected chi connectivity index (χ2v) is 6.09. The third-order valence-corrected chi connectivity index (χ3v) is 4.41. The first-order chi connectivity index (χ1) is 8.09. The molecule has 1 aromatic heterocycles. The van der Waals surface area contributed by atoms with Gasteiger partial charge in [-0.05, 0) is 11.4 Å². The fourth-order valence-corrected chi connectivity index (χ4v) is 3.14. The smallest absolute Gasteiger partial charge is 0.265 e. The molecule has 0 saturated carbocycles. The molecule has 1 saturated heterocycles. The van der Waals surface area contributed by atoms with E-state index in [1.807, 2.05) is 4.72 Å². The second-order valence-electron chi connectivity index (χ2n) is 3.49. The minimum absolute atomic E-state index is 0.187. The molecular formula is C9H12N2O4S2. The first kappa shape index (κ1) is 12.5.